The number of hydrogen-bond donors (Lipinski definition) is 2. The SMILES string of the molecule is CCC[C@@H](N)C(=O)NC12CC3CC(CC(C3)C1)C2. The number of nitrogens with one attached hydrogen (secondary N) is 1. The maximum atomic E-state index is 12.2. The van der Waals surface area contributed by atoms with E-state index in [0.717, 1.165) is 30.6 Å². The average molecular weight is 250 g/mol. The zero-order valence-electron chi connectivity index (χ0n) is 11.5. The lowest BCUT2D eigenvalue weighted by molar-refractivity contribution is -0.128. The molecule has 4 aliphatic rings. The van der Waals surface area contributed by atoms with Crippen LogP contribution < -0.4 is 11.1 Å². The zero-order valence-corrected chi connectivity index (χ0v) is 11.5. The van der Waals surface area contributed by atoms with Gasteiger partial charge in [0.2, 0.25) is 5.91 Å². The fourth-order valence-corrected chi connectivity index (χ4v) is 5.06. The number of rotatable bonds is 4. The van der Waals surface area contributed by atoms with Gasteiger partial charge in [0.05, 0.1) is 6.04 Å². The topological polar surface area (TPSA) is 55.1 Å². The van der Waals surface area contributed by atoms with E-state index in [1.165, 1.54) is 38.5 Å². The van der Waals surface area contributed by atoms with E-state index < -0.39 is 0 Å². The largest absolute Gasteiger partial charge is 0.349 e. The van der Waals surface area contributed by atoms with Gasteiger partial charge in [-0.15, -0.1) is 0 Å². The van der Waals surface area contributed by atoms with Gasteiger partial charge in [0.1, 0.15) is 0 Å². The van der Waals surface area contributed by atoms with Crippen LogP contribution in [0.3, 0.4) is 0 Å². The Bertz CT molecular complexity index is 304. The van der Waals surface area contributed by atoms with Crippen LogP contribution in [-0.2, 0) is 4.79 Å². The minimum absolute atomic E-state index is 0.0961. The number of amides is 1. The molecule has 4 fully saturated rings. The minimum atomic E-state index is -0.303. The van der Waals surface area contributed by atoms with Gasteiger partial charge in [-0.25, -0.2) is 0 Å². The molecule has 3 nitrogen and oxygen atoms in total. The fourth-order valence-electron chi connectivity index (χ4n) is 5.06. The van der Waals surface area contributed by atoms with Gasteiger partial charge in [-0.05, 0) is 62.7 Å². The maximum Gasteiger partial charge on any atom is 0.237 e. The molecule has 4 aliphatic carbocycles. The first-order chi connectivity index (χ1) is 8.60. The molecule has 0 radical (unpaired) electrons. The van der Waals surface area contributed by atoms with Crippen LogP contribution in [0, 0.1) is 17.8 Å². The van der Waals surface area contributed by atoms with Crippen molar-refractivity contribution < 1.29 is 4.79 Å². The van der Waals surface area contributed by atoms with E-state index in [0.29, 0.717) is 0 Å². The third-order valence-corrected chi connectivity index (χ3v) is 5.36. The normalized spacial score (nSPS) is 42.9. The highest BCUT2D eigenvalue weighted by molar-refractivity contribution is 5.82. The standard InChI is InChI=1S/C15H26N2O/c1-2-3-13(16)14(18)17-15-7-10-4-11(8-15)6-12(5-10)9-15/h10-13H,2-9,16H2,1H3,(H,17,18)/t10?,11?,12?,13-,15?/m1/s1. The summed E-state index contributed by atoms with van der Waals surface area (Å²) in [5.74, 6) is 2.72. The van der Waals surface area contributed by atoms with Crippen LogP contribution in [-0.4, -0.2) is 17.5 Å². The first-order valence-electron chi connectivity index (χ1n) is 7.68. The maximum absolute atomic E-state index is 12.2. The summed E-state index contributed by atoms with van der Waals surface area (Å²) in [6, 6.07) is -0.303. The molecule has 4 bridgehead atoms. The summed E-state index contributed by atoms with van der Waals surface area (Å²) < 4.78 is 0. The van der Waals surface area contributed by atoms with Crippen molar-refractivity contribution in [2.45, 2.75) is 69.9 Å². The summed E-state index contributed by atoms with van der Waals surface area (Å²) in [7, 11) is 0. The first-order valence-corrected chi connectivity index (χ1v) is 7.68. The second-order valence-corrected chi connectivity index (χ2v) is 7.08. The molecule has 102 valence electrons. The van der Waals surface area contributed by atoms with Crippen molar-refractivity contribution >= 4 is 5.91 Å². The summed E-state index contributed by atoms with van der Waals surface area (Å²) in [4.78, 5) is 12.2. The third-order valence-electron chi connectivity index (χ3n) is 5.36. The lowest BCUT2D eigenvalue weighted by Crippen LogP contribution is -2.62. The molecule has 0 aromatic rings. The van der Waals surface area contributed by atoms with Gasteiger partial charge >= 0.3 is 0 Å². The van der Waals surface area contributed by atoms with Gasteiger partial charge in [0.25, 0.3) is 0 Å². The Kier molecular flexibility index (Phi) is 3.13. The Labute approximate surface area is 110 Å². The first kappa shape index (κ1) is 12.5. The smallest absolute Gasteiger partial charge is 0.237 e. The molecule has 0 unspecified atom stereocenters. The molecule has 0 aliphatic heterocycles. The van der Waals surface area contributed by atoms with Crippen molar-refractivity contribution in [2.75, 3.05) is 0 Å². The Hall–Kier alpha value is -0.570. The third kappa shape index (κ3) is 2.18. The molecular formula is C15H26N2O. The molecule has 1 amide bonds. The molecule has 0 aromatic heterocycles. The minimum Gasteiger partial charge on any atom is -0.349 e. The average Bonchev–Trinajstić information content (AvgIpc) is 2.26. The lowest BCUT2D eigenvalue weighted by atomic mass is 9.53. The van der Waals surface area contributed by atoms with E-state index in [1.54, 1.807) is 0 Å². The van der Waals surface area contributed by atoms with Gasteiger partial charge in [-0.2, -0.15) is 0 Å². The van der Waals surface area contributed by atoms with E-state index in [4.69, 9.17) is 5.73 Å². The van der Waals surface area contributed by atoms with Crippen LogP contribution >= 0.6 is 0 Å². The molecule has 4 rings (SSSR count). The molecular weight excluding hydrogens is 224 g/mol. The second-order valence-electron chi connectivity index (χ2n) is 7.08. The van der Waals surface area contributed by atoms with Crippen molar-refractivity contribution in [3.05, 3.63) is 0 Å². The number of nitrogens with two attached hydrogens (primary N) is 1. The number of carbonyl (C=O) groups excluding carboxylic acids is 1. The predicted molar refractivity (Wildman–Crippen MR) is 71.9 cm³/mol. The van der Waals surface area contributed by atoms with Gasteiger partial charge in [0.15, 0.2) is 0 Å². The van der Waals surface area contributed by atoms with Gasteiger partial charge < -0.3 is 11.1 Å². The van der Waals surface area contributed by atoms with E-state index in [-0.39, 0.29) is 17.5 Å². The number of hydrogen-bond acceptors (Lipinski definition) is 2. The molecule has 1 atom stereocenters. The molecule has 0 aromatic carbocycles. The van der Waals surface area contributed by atoms with Crippen LogP contribution in [0.4, 0.5) is 0 Å². The quantitative estimate of drug-likeness (QED) is 0.803. The summed E-state index contributed by atoms with van der Waals surface area (Å²) in [5, 5.41) is 3.35. The second kappa shape index (κ2) is 4.52. The Morgan fingerprint density at radius 1 is 1.22 bits per heavy atom. The van der Waals surface area contributed by atoms with Crippen molar-refractivity contribution in [1.82, 2.24) is 5.32 Å². The van der Waals surface area contributed by atoms with Crippen LogP contribution in [0.15, 0.2) is 0 Å². The summed E-state index contributed by atoms with van der Waals surface area (Å²) >= 11 is 0. The molecule has 3 N–H and O–H groups in total. The highest BCUT2D eigenvalue weighted by Gasteiger charge is 2.51. The van der Waals surface area contributed by atoms with E-state index >= 15 is 0 Å². The molecule has 3 heteroatoms. The van der Waals surface area contributed by atoms with E-state index in [1.807, 2.05) is 0 Å². The van der Waals surface area contributed by atoms with Crippen LogP contribution in [0.2, 0.25) is 0 Å². The number of carbonyl (C=O) groups is 1. The van der Waals surface area contributed by atoms with Gasteiger partial charge in [0, 0.05) is 5.54 Å². The van der Waals surface area contributed by atoms with Crippen molar-refractivity contribution in [3.8, 4) is 0 Å². The van der Waals surface area contributed by atoms with Gasteiger partial charge in [-0.3, -0.25) is 4.79 Å². The highest BCUT2D eigenvalue weighted by Crippen LogP contribution is 2.55. The molecule has 18 heavy (non-hydrogen) atoms. The summed E-state index contributed by atoms with van der Waals surface area (Å²) in [6.07, 6.45) is 9.66. The van der Waals surface area contributed by atoms with Crippen LogP contribution in [0.5, 0.6) is 0 Å². The zero-order chi connectivity index (χ0) is 12.8. The predicted octanol–water partition coefficient (Wildman–Crippen LogP) is 2.20. The summed E-state index contributed by atoms with van der Waals surface area (Å²) in [6.45, 7) is 2.08. The van der Waals surface area contributed by atoms with Gasteiger partial charge in [-0.1, -0.05) is 13.3 Å². The molecule has 0 spiro atoms. The monoisotopic (exact) mass is 250 g/mol. The highest BCUT2D eigenvalue weighted by atomic mass is 16.2. The van der Waals surface area contributed by atoms with E-state index in [2.05, 4.69) is 12.2 Å². The van der Waals surface area contributed by atoms with Crippen LogP contribution in [0.1, 0.15) is 58.3 Å². The lowest BCUT2D eigenvalue weighted by Gasteiger charge is -2.57. The van der Waals surface area contributed by atoms with E-state index in [9.17, 15) is 4.79 Å². The summed E-state index contributed by atoms with van der Waals surface area (Å²) in [5.41, 5.74) is 6.07. The molecule has 4 saturated carbocycles. The Morgan fingerprint density at radius 3 is 2.17 bits per heavy atom. The fraction of sp³-hybridized carbons (Fsp3) is 0.933. The van der Waals surface area contributed by atoms with Crippen molar-refractivity contribution in [2.24, 2.45) is 23.5 Å². The van der Waals surface area contributed by atoms with Crippen molar-refractivity contribution in [1.29, 1.82) is 0 Å². The van der Waals surface area contributed by atoms with Crippen molar-refractivity contribution in [3.63, 3.8) is 0 Å². The molecule has 0 saturated heterocycles. The Morgan fingerprint density at radius 2 is 1.72 bits per heavy atom. The molecule has 0 heterocycles. The Balaban J connectivity index is 1.67. The van der Waals surface area contributed by atoms with Crippen LogP contribution in [0.25, 0.3) is 0 Å².